The van der Waals surface area contributed by atoms with Crippen molar-refractivity contribution in [3.63, 3.8) is 0 Å². The fourth-order valence-electron chi connectivity index (χ4n) is 2.85. The highest BCUT2D eigenvalue weighted by Gasteiger charge is 2.19. The maximum absolute atomic E-state index is 6.07. The van der Waals surface area contributed by atoms with E-state index in [-0.39, 0.29) is 0 Å². The SMILES string of the molecule is CCNC(CSC1CCCCC1)c1cc(C)cnc1N. The van der Waals surface area contributed by atoms with Crippen molar-refractivity contribution in [2.45, 2.75) is 57.2 Å². The van der Waals surface area contributed by atoms with Crippen molar-refractivity contribution in [1.82, 2.24) is 10.3 Å². The lowest BCUT2D eigenvalue weighted by atomic mass is 10.0. The minimum Gasteiger partial charge on any atom is -0.383 e. The molecule has 1 atom stereocenters. The van der Waals surface area contributed by atoms with E-state index in [4.69, 9.17) is 5.73 Å². The quantitative estimate of drug-likeness (QED) is 0.840. The Bertz CT molecular complexity index is 416. The average molecular weight is 293 g/mol. The molecule has 20 heavy (non-hydrogen) atoms. The molecule has 0 aliphatic heterocycles. The van der Waals surface area contributed by atoms with Gasteiger partial charge in [-0.05, 0) is 37.9 Å². The van der Waals surface area contributed by atoms with Gasteiger partial charge < -0.3 is 11.1 Å². The van der Waals surface area contributed by atoms with Gasteiger partial charge in [0.1, 0.15) is 5.82 Å². The van der Waals surface area contributed by atoms with Crippen molar-refractivity contribution in [3.05, 3.63) is 23.4 Å². The van der Waals surface area contributed by atoms with E-state index in [2.05, 4.69) is 42.0 Å². The second kappa shape index (κ2) is 7.89. The Labute approximate surface area is 127 Å². The Balaban J connectivity index is 2.00. The molecule has 1 aliphatic rings. The highest BCUT2D eigenvalue weighted by molar-refractivity contribution is 7.99. The number of pyridine rings is 1. The van der Waals surface area contributed by atoms with Gasteiger partial charge >= 0.3 is 0 Å². The monoisotopic (exact) mass is 293 g/mol. The van der Waals surface area contributed by atoms with Crippen LogP contribution in [0, 0.1) is 6.92 Å². The molecule has 3 nitrogen and oxygen atoms in total. The summed E-state index contributed by atoms with van der Waals surface area (Å²) in [5.74, 6) is 1.76. The Morgan fingerprint density at radius 2 is 2.15 bits per heavy atom. The topological polar surface area (TPSA) is 50.9 Å². The zero-order valence-corrected chi connectivity index (χ0v) is 13.5. The van der Waals surface area contributed by atoms with Crippen LogP contribution >= 0.6 is 11.8 Å². The first-order valence-electron chi connectivity index (χ1n) is 7.77. The van der Waals surface area contributed by atoms with Gasteiger partial charge in [0, 0.05) is 28.8 Å². The predicted octanol–water partition coefficient (Wildman–Crippen LogP) is 3.69. The summed E-state index contributed by atoms with van der Waals surface area (Å²) in [6, 6.07) is 2.50. The predicted molar refractivity (Wildman–Crippen MR) is 89.1 cm³/mol. The summed E-state index contributed by atoms with van der Waals surface area (Å²) in [4.78, 5) is 4.31. The number of rotatable bonds is 6. The molecule has 112 valence electrons. The van der Waals surface area contributed by atoms with Crippen LogP contribution in [0.2, 0.25) is 0 Å². The molecule has 4 heteroatoms. The molecular formula is C16H27N3S. The van der Waals surface area contributed by atoms with Gasteiger partial charge in [0.15, 0.2) is 0 Å². The van der Waals surface area contributed by atoms with Crippen LogP contribution in [0.3, 0.4) is 0 Å². The van der Waals surface area contributed by atoms with E-state index in [1.807, 2.05) is 6.20 Å². The third kappa shape index (κ3) is 4.38. The molecular weight excluding hydrogens is 266 g/mol. The molecule has 1 fully saturated rings. The minimum absolute atomic E-state index is 0.319. The minimum atomic E-state index is 0.319. The molecule has 3 N–H and O–H groups in total. The van der Waals surface area contributed by atoms with Gasteiger partial charge in [-0.15, -0.1) is 0 Å². The van der Waals surface area contributed by atoms with Crippen molar-refractivity contribution in [1.29, 1.82) is 0 Å². The molecule has 1 unspecified atom stereocenters. The highest BCUT2D eigenvalue weighted by Crippen LogP contribution is 2.32. The second-order valence-electron chi connectivity index (χ2n) is 5.69. The lowest BCUT2D eigenvalue weighted by Crippen LogP contribution is -2.25. The molecule has 1 saturated carbocycles. The maximum Gasteiger partial charge on any atom is 0.128 e. The van der Waals surface area contributed by atoms with Crippen LogP contribution in [-0.4, -0.2) is 22.5 Å². The van der Waals surface area contributed by atoms with Crippen LogP contribution in [0.4, 0.5) is 5.82 Å². The molecule has 0 saturated heterocycles. The average Bonchev–Trinajstić information content (AvgIpc) is 2.47. The molecule has 1 aromatic heterocycles. The number of nitrogens with one attached hydrogen (secondary N) is 1. The Hall–Kier alpha value is -0.740. The van der Waals surface area contributed by atoms with E-state index in [9.17, 15) is 0 Å². The smallest absolute Gasteiger partial charge is 0.128 e. The molecule has 0 aromatic carbocycles. The fraction of sp³-hybridized carbons (Fsp3) is 0.688. The fourth-order valence-corrected chi connectivity index (χ4v) is 4.28. The van der Waals surface area contributed by atoms with E-state index < -0.39 is 0 Å². The summed E-state index contributed by atoms with van der Waals surface area (Å²) in [5, 5.41) is 4.40. The largest absolute Gasteiger partial charge is 0.383 e. The lowest BCUT2D eigenvalue weighted by molar-refractivity contribution is 0.514. The third-order valence-electron chi connectivity index (χ3n) is 3.96. The summed E-state index contributed by atoms with van der Waals surface area (Å²) in [6.45, 7) is 5.19. The summed E-state index contributed by atoms with van der Waals surface area (Å²) >= 11 is 2.11. The number of nitrogens with zero attached hydrogens (tertiary/aromatic N) is 1. The van der Waals surface area contributed by atoms with Crippen molar-refractivity contribution in [3.8, 4) is 0 Å². The summed E-state index contributed by atoms with van der Waals surface area (Å²) in [5.41, 5.74) is 8.41. The van der Waals surface area contributed by atoms with Gasteiger partial charge in [0.2, 0.25) is 0 Å². The Kier molecular flexibility index (Phi) is 6.17. The molecule has 0 radical (unpaired) electrons. The van der Waals surface area contributed by atoms with Crippen LogP contribution < -0.4 is 11.1 Å². The standard InChI is InChI=1S/C16H27N3S/c1-3-18-15(11-20-13-7-5-4-6-8-13)14-9-12(2)10-19-16(14)17/h9-10,13,15,18H,3-8,11H2,1-2H3,(H2,17,19). The van der Waals surface area contributed by atoms with Crippen LogP contribution in [0.5, 0.6) is 0 Å². The second-order valence-corrected chi connectivity index (χ2v) is 7.02. The van der Waals surface area contributed by atoms with Gasteiger partial charge in [-0.1, -0.05) is 26.2 Å². The van der Waals surface area contributed by atoms with Gasteiger partial charge in [0.05, 0.1) is 0 Å². The van der Waals surface area contributed by atoms with Gasteiger partial charge in [0.25, 0.3) is 0 Å². The van der Waals surface area contributed by atoms with Crippen LogP contribution in [-0.2, 0) is 0 Å². The van der Waals surface area contributed by atoms with Crippen molar-refractivity contribution in [2.24, 2.45) is 0 Å². The van der Waals surface area contributed by atoms with Crippen LogP contribution in [0.1, 0.15) is 56.2 Å². The first-order valence-corrected chi connectivity index (χ1v) is 8.82. The number of aromatic nitrogens is 1. The molecule has 2 rings (SSSR count). The van der Waals surface area contributed by atoms with E-state index in [0.29, 0.717) is 11.9 Å². The maximum atomic E-state index is 6.07. The number of hydrogen-bond donors (Lipinski definition) is 2. The van der Waals surface area contributed by atoms with Gasteiger partial charge in [-0.3, -0.25) is 0 Å². The normalized spacial score (nSPS) is 18.1. The highest BCUT2D eigenvalue weighted by atomic mass is 32.2. The number of aryl methyl sites for hydroxylation is 1. The van der Waals surface area contributed by atoms with E-state index in [1.54, 1.807) is 0 Å². The van der Waals surface area contributed by atoms with Crippen LogP contribution in [0.15, 0.2) is 12.3 Å². The third-order valence-corrected chi connectivity index (χ3v) is 5.43. The molecule has 1 aliphatic carbocycles. The van der Waals surface area contributed by atoms with E-state index in [1.165, 1.54) is 37.7 Å². The zero-order valence-electron chi connectivity index (χ0n) is 12.7. The van der Waals surface area contributed by atoms with Crippen molar-refractivity contribution in [2.75, 3.05) is 18.0 Å². The number of nitrogens with two attached hydrogens (primary N) is 1. The molecule has 1 heterocycles. The summed E-state index contributed by atoms with van der Waals surface area (Å²) in [6.07, 6.45) is 8.82. The number of nitrogen functional groups attached to an aromatic ring is 1. The molecule has 0 spiro atoms. The number of anilines is 1. The summed E-state index contributed by atoms with van der Waals surface area (Å²) < 4.78 is 0. The van der Waals surface area contributed by atoms with E-state index >= 15 is 0 Å². The van der Waals surface area contributed by atoms with Crippen molar-refractivity contribution >= 4 is 17.6 Å². The molecule has 0 amide bonds. The molecule has 1 aromatic rings. The number of thioether (sulfide) groups is 1. The Morgan fingerprint density at radius 1 is 1.40 bits per heavy atom. The lowest BCUT2D eigenvalue weighted by Gasteiger charge is -2.25. The van der Waals surface area contributed by atoms with Crippen LogP contribution in [0.25, 0.3) is 0 Å². The Morgan fingerprint density at radius 3 is 2.85 bits per heavy atom. The summed E-state index contributed by atoms with van der Waals surface area (Å²) in [7, 11) is 0. The zero-order chi connectivity index (χ0) is 14.4. The first kappa shape index (κ1) is 15.6. The van der Waals surface area contributed by atoms with E-state index in [0.717, 1.165) is 23.1 Å². The van der Waals surface area contributed by atoms with Gasteiger partial charge in [-0.2, -0.15) is 11.8 Å². The van der Waals surface area contributed by atoms with Crippen molar-refractivity contribution < 1.29 is 0 Å². The van der Waals surface area contributed by atoms with Gasteiger partial charge in [-0.25, -0.2) is 4.98 Å². The first-order chi connectivity index (χ1) is 9.70. The molecule has 0 bridgehead atoms. The number of hydrogen-bond acceptors (Lipinski definition) is 4.